The van der Waals surface area contributed by atoms with Crippen LogP contribution in [0.5, 0.6) is 11.5 Å². The van der Waals surface area contributed by atoms with Gasteiger partial charge in [0, 0.05) is 29.6 Å². The molecule has 0 spiro atoms. The second kappa shape index (κ2) is 9.69. The van der Waals surface area contributed by atoms with Crippen LogP contribution in [0.25, 0.3) is 10.9 Å². The molecule has 2 aromatic carbocycles. The Bertz CT molecular complexity index is 1310. The number of hydrogen-bond donors (Lipinski definition) is 3. The van der Waals surface area contributed by atoms with Gasteiger partial charge in [-0.05, 0) is 36.9 Å². The molecule has 2 heterocycles. The predicted molar refractivity (Wildman–Crippen MR) is 126 cm³/mol. The van der Waals surface area contributed by atoms with Gasteiger partial charge in [-0.2, -0.15) is 17.9 Å². The Hall–Kier alpha value is -2.93. The molecule has 4 aromatic rings. The molecule has 0 atom stereocenters. The molecule has 32 heavy (non-hydrogen) atoms. The maximum absolute atomic E-state index is 12.8. The lowest BCUT2D eigenvalue weighted by atomic mass is 10.2. The van der Waals surface area contributed by atoms with Gasteiger partial charge < -0.3 is 15.4 Å². The van der Waals surface area contributed by atoms with Crippen molar-refractivity contribution < 1.29 is 13.2 Å². The van der Waals surface area contributed by atoms with E-state index in [-0.39, 0.29) is 5.13 Å². The SMILES string of the molecule is CCNCCNc1cc(Cl)ccc1Oc1cccc2c1cnn2S(=O)(=O)Nc1ncns1. The normalized spacial score (nSPS) is 11.6. The van der Waals surface area contributed by atoms with Crippen molar-refractivity contribution in [1.82, 2.24) is 23.9 Å². The van der Waals surface area contributed by atoms with Crippen LogP contribution in [0.2, 0.25) is 5.02 Å². The number of hydrogen-bond acceptors (Lipinski definition) is 9. The molecule has 0 amide bonds. The van der Waals surface area contributed by atoms with Gasteiger partial charge in [-0.1, -0.05) is 24.6 Å². The van der Waals surface area contributed by atoms with Gasteiger partial charge in [0.1, 0.15) is 12.1 Å². The quantitative estimate of drug-likeness (QED) is 0.286. The summed E-state index contributed by atoms with van der Waals surface area (Å²) in [5, 5.41) is 11.8. The van der Waals surface area contributed by atoms with E-state index in [1.807, 2.05) is 6.92 Å². The zero-order valence-corrected chi connectivity index (χ0v) is 19.3. The van der Waals surface area contributed by atoms with Gasteiger partial charge in [-0.25, -0.2) is 9.71 Å². The second-order valence-electron chi connectivity index (χ2n) is 6.55. The van der Waals surface area contributed by atoms with Gasteiger partial charge in [0.25, 0.3) is 0 Å². The summed E-state index contributed by atoms with van der Waals surface area (Å²) in [6.45, 7) is 4.38. The number of fused-ring (bicyclic) bond motifs is 1. The van der Waals surface area contributed by atoms with Gasteiger partial charge in [0.2, 0.25) is 5.13 Å². The van der Waals surface area contributed by atoms with Gasteiger partial charge in [0.15, 0.2) is 5.75 Å². The Morgan fingerprint density at radius 2 is 2.06 bits per heavy atom. The van der Waals surface area contributed by atoms with Crippen LogP contribution in [-0.2, 0) is 10.2 Å². The lowest BCUT2D eigenvalue weighted by Crippen LogP contribution is -2.22. The van der Waals surface area contributed by atoms with Crippen LogP contribution >= 0.6 is 23.1 Å². The molecule has 0 unspecified atom stereocenters. The molecule has 0 saturated heterocycles. The number of ether oxygens (including phenoxy) is 1. The number of anilines is 2. The Morgan fingerprint density at radius 1 is 1.19 bits per heavy atom. The number of rotatable bonds is 10. The third-order valence-electron chi connectivity index (χ3n) is 4.37. The molecule has 0 fully saturated rings. The highest BCUT2D eigenvalue weighted by molar-refractivity contribution is 7.91. The Kier molecular flexibility index (Phi) is 6.74. The van der Waals surface area contributed by atoms with Crippen LogP contribution in [0.1, 0.15) is 6.92 Å². The molecule has 2 aromatic heterocycles. The molecule has 168 valence electrons. The molecule has 0 aliphatic heterocycles. The van der Waals surface area contributed by atoms with Crippen molar-refractivity contribution >= 4 is 55.1 Å². The first-order valence-electron chi connectivity index (χ1n) is 9.66. The first-order chi connectivity index (χ1) is 15.5. The summed E-state index contributed by atoms with van der Waals surface area (Å²) < 4.78 is 38.7. The van der Waals surface area contributed by atoms with Crippen molar-refractivity contribution in [3.63, 3.8) is 0 Å². The Morgan fingerprint density at radius 3 is 2.84 bits per heavy atom. The molecule has 0 aliphatic carbocycles. The fourth-order valence-corrected chi connectivity index (χ4v) is 4.84. The summed E-state index contributed by atoms with van der Waals surface area (Å²) in [4.78, 5) is 3.85. The first kappa shape index (κ1) is 22.3. The molecule has 3 N–H and O–H groups in total. The highest BCUT2D eigenvalue weighted by Crippen LogP contribution is 2.35. The first-order valence-corrected chi connectivity index (χ1v) is 12.3. The molecular weight excluding hydrogens is 474 g/mol. The summed E-state index contributed by atoms with van der Waals surface area (Å²) in [5.74, 6) is 1.01. The Labute approximate surface area is 193 Å². The molecule has 0 radical (unpaired) electrons. The number of halogens is 1. The molecular formula is C19H20ClN7O3S2. The molecule has 4 rings (SSSR count). The highest BCUT2D eigenvalue weighted by Gasteiger charge is 2.20. The van der Waals surface area contributed by atoms with E-state index in [2.05, 4.69) is 29.8 Å². The van der Waals surface area contributed by atoms with E-state index in [9.17, 15) is 8.42 Å². The molecule has 13 heteroatoms. The number of nitrogens with one attached hydrogen (secondary N) is 3. The highest BCUT2D eigenvalue weighted by atomic mass is 35.5. The zero-order chi connectivity index (χ0) is 22.6. The second-order valence-corrected chi connectivity index (χ2v) is 9.27. The summed E-state index contributed by atoms with van der Waals surface area (Å²) in [6, 6.07) is 10.4. The monoisotopic (exact) mass is 493 g/mol. The third-order valence-corrected chi connectivity index (χ3v) is 6.52. The zero-order valence-electron chi connectivity index (χ0n) is 16.9. The van der Waals surface area contributed by atoms with E-state index in [1.165, 1.54) is 12.5 Å². The third kappa shape index (κ3) is 4.93. The van der Waals surface area contributed by atoms with Crippen LogP contribution in [0, 0.1) is 0 Å². The fraction of sp³-hybridized carbons (Fsp3) is 0.211. The average molecular weight is 494 g/mol. The molecule has 0 bridgehead atoms. The minimum Gasteiger partial charge on any atom is -0.454 e. The maximum atomic E-state index is 12.8. The van der Waals surface area contributed by atoms with Gasteiger partial charge >= 0.3 is 10.2 Å². The largest absolute Gasteiger partial charge is 0.454 e. The number of nitrogens with zero attached hydrogens (tertiary/aromatic N) is 4. The van der Waals surface area contributed by atoms with Crippen molar-refractivity contribution in [2.24, 2.45) is 0 Å². The van der Waals surface area contributed by atoms with Crippen LogP contribution in [0.15, 0.2) is 48.9 Å². The van der Waals surface area contributed by atoms with Gasteiger partial charge in [-0.15, -0.1) is 4.09 Å². The number of aromatic nitrogens is 4. The summed E-state index contributed by atoms with van der Waals surface area (Å²) in [5.41, 5.74) is 1.08. The molecule has 0 saturated carbocycles. The van der Waals surface area contributed by atoms with Gasteiger partial charge in [-0.3, -0.25) is 0 Å². The minimum atomic E-state index is -4.02. The van der Waals surface area contributed by atoms with Crippen molar-refractivity contribution in [2.45, 2.75) is 6.92 Å². The minimum absolute atomic E-state index is 0.149. The lowest BCUT2D eigenvalue weighted by Gasteiger charge is -2.14. The lowest BCUT2D eigenvalue weighted by molar-refractivity contribution is 0.490. The Balaban J connectivity index is 1.63. The van der Waals surface area contributed by atoms with E-state index in [0.717, 1.165) is 34.4 Å². The smallest absolute Gasteiger partial charge is 0.345 e. The van der Waals surface area contributed by atoms with Crippen molar-refractivity contribution in [1.29, 1.82) is 0 Å². The summed E-state index contributed by atoms with van der Waals surface area (Å²) in [6.07, 6.45) is 2.71. The summed E-state index contributed by atoms with van der Waals surface area (Å²) in [7, 11) is -4.02. The van der Waals surface area contributed by atoms with E-state index in [0.29, 0.717) is 34.0 Å². The topological polar surface area (TPSA) is 123 Å². The van der Waals surface area contributed by atoms with Crippen LogP contribution in [0.4, 0.5) is 10.8 Å². The molecule has 0 aliphatic rings. The predicted octanol–water partition coefficient (Wildman–Crippen LogP) is 3.56. The maximum Gasteiger partial charge on any atom is 0.345 e. The van der Waals surface area contributed by atoms with Gasteiger partial charge in [0.05, 0.1) is 22.8 Å². The van der Waals surface area contributed by atoms with Crippen LogP contribution in [-0.4, -0.2) is 46.6 Å². The fourth-order valence-electron chi connectivity index (χ4n) is 2.96. The molecule has 10 nitrogen and oxygen atoms in total. The van der Waals surface area contributed by atoms with E-state index >= 15 is 0 Å². The standard InChI is InChI=1S/C19H20ClN7O3S2/c1-2-21-8-9-22-15-10-13(20)6-7-18(15)30-17-5-3-4-16-14(17)11-24-27(16)32(28,29)26-19-23-12-25-31-19/h3-7,10-12,21-22H,2,8-9H2,1H3,(H,23,25,26). The average Bonchev–Trinajstić information content (AvgIpc) is 3.43. The van der Waals surface area contributed by atoms with E-state index in [4.69, 9.17) is 16.3 Å². The van der Waals surface area contributed by atoms with Crippen LogP contribution < -0.4 is 20.1 Å². The van der Waals surface area contributed by atoms with Crippen molar-refractivity contribution in [2.75, 3.05) is 29.7 Å². The van der Waals surface area contributed by atoms with Crippen molar-refractivity contribution in [3.8, 4) is 11.5 Å². The number of likely N-dealkylation sites (N-methyl/N-ethyl adjacent to an activating group) is 1. The van der Waals surface area contributed by atoms with E-state index in [1.54, 1.807) is 36.4 Å². The van der Waals surface area contributed by atoms with Crippen LogP contribution in [0.3, 0.4) is 0 Å². The van der Waals surface area contributed by atoms with E-state index < -0.39 is 10.2 Å². The summed E-state index contributed by atoms with van der Waals surface area (Å²) >= 11 is 7.09. The van der Waals surface area contributed by atoms with Crippen molar-refractivity contribution in [3.05, 3.63) is 53.9 Å². The number of benzene rings is 2.